The summed E-state index contributed by atoms with van der Waals surface area (Å²) in [5.41, 5.74) is 0.509. The van der Waals surface area contributed by atoms with Gasteiger partial charge in [0.25, 0.3) is 11.6 Å². The Morgan fingerprint density at radius 2 is 1.89 bits per heavy atom. The zero-order chi connectivity index (χ0) is 20.3. The minimum atomic E-state index is -0.740. The molecule has 0 bridgehead atoms. The summed E-state index contributed by atoms with van der Waals surface area (Å²) in [5, 5.41) is 21.1. The zero-order valence-electron chi connectivity index (χ0n) is 15.7. The first-order chi connectivity index (χ1) is 13.4. The molecule has 28 heavy (non-hydrogen) atoms. The van der Waals surface area contributed by atoms with E-state index in [1.165, 1.54) is 36.1 Å². The highest BCUT2D eigenvalue weighted by Crippen LogP contribution is 2.38. The number of hydrogen-bond acceptors (Lipinski definition) is 7. The second kappa shape index (κ2) is 8.49. The van der Waals surface area contributed by atoms with Gasteiger partial charge in [-0.1, -0.05) is 0 Å². The largest absolute Gasteiger partial charge is 0.503 e. The van der Waals surface area contributed by atoms with Crippen molar-refractivity contribution in [2.75, 3.05) is 39.4 Å². The summed E-state index contributed by atoms with van der Waals surface area (Å²) in [6.07, 6.45) is 0.674. The number of amides is 1. The summed E-state index contributed by atoms with van der Waals surface area (Å²) in [6, 6.07) is 4.96. The summed E-state index contributed by atoms with van der Waals surface area (Å²) in [6.45, 7) is 5.48. The Bertz CT molecular complexity index is 798. The molecule has 1 amide bonds. The van der Waals surface area contributed by atoms with E-state index in [-0.39, 0.29) is 11.3 Å². The second-order valence-corrected chi connectivity index (χ2v) is 6.88. The summed E-state index contributed by atoms with van der Waals surface area (Å²) >= 11 is 0. The molecule has 2 aliphatic heterocycles. The van der Waals surface area contributed by atoms with Crippen molar-refractivity contribution in [2.45, 2.75) is 19.4 Å². The van der Waals surface area contributed by atoms with Crippen LogP contribution in [0.25, 0.3) is 0 Å². The molecule has 0 aliphatic carbocycles. The van der Waals surface area contributed by atoms with Gasteiger partial charge in [-0.15, -0.1) is 0 Å². The maximum absolute atomic E-state index is 12.6. The third-order valence-electron chi connectivity index (χ3n) is 5.08. The zero-order valence-corrected chi connectivity index (χ0v) is 15.7. The van der Waals surface area contributed by atoms with Gasteiger partial charge in [0, 0.05) is 38.3 Å². The average molecular weight is 389 g/mol. The lowest BCUT2D eigenvalue weighted by Crippen LogP contribution is -2.39. The molecule has 2 aliphatic rings. The summed E-state index contributed by atoms with van der Waals surface area (Å²) in [4.78, 5) is 38.8. The molecule has 1 aromatic carbocycles. The summed E-state index contributed by atoms with van der Waals surface area (Å²) < 4.78 is 5.32. The Balaban J connectivity index is 1.79. The van der Waals surface area contributed by atoms with Crippen LogP contribution in [0, 0.1) is 10.1 Å². The topological polar surface area (TPSA) is 113 Å². The predicted molar refractivity (Wildman–Crippen MR) is 99.8 cm³/mol. The number of carbonyl (C=O) groups excluding carboxylic acids is 2. The third kappa shape index (κ3) is 4.05. The van der Waals surface area contributed by atoms with Crippen molar-refractivity contribution in [3.8, 4) is 0 Å². The van der Waals surface area contributed by atoms with Gasteiger partial charge in [0.15, 0.2) is 11.5 Å². The van der Waals surface area contributed by atoms with Gasteiger partial charge in [-0.25, -0.2) is 0 Å². The van der Waals surface area contributed by atoms with Crippen molar-refractivity contribution >= 4 is 17.4 Å². The molecule has 1 N–H and O–H groups in total. The van der Waals surface area contributed by atoms with Crippen LogP contribution in [0.4, 0.5) is 5.69 Å². The molecular weight excluding hydrogens is 366 g/mol. The van der Waals surface area contributed by atoms with Crippen LogP contribution in [0.2, 0.25) is 0 Å². The second-order valence-electron chi connectivity index (χ2n) is 6.88. The number of aliphatic hydroxyl groups is 1. The highest BCUT2D eigenvalue weighted by molar-refractivity contribution is 6.08. The number of nitro groups is 1. The van der Waals surface area contributed by atoms with Crippen LogP contribution >= 0.6 is 0 Å². The number of ketones is 1. The van der Waals surface area contributed by atoms with Gasteiger partial charge < -0.3 is 14.7 Å². The van der Waals surface area contributed by atoms with Gasteiger partial charge in [0.1, 0.15) is 0 Å². The van der Waals surface area contributed by atoms with Crippen molar-refractivity contribution in [1.29, 1.82) is 0 Å². The van der Waals surface area contributed by atoms with Crippen LogP contribution in [0.1, 0.15) is 24.9 Å². The SMILES string of the molecule is CC(=O)C1=C(O)C(=O)N(CCCN2CCOCC2)[C@H]1c1ccc([N+](=O)[O-])cc1. The van der Waals surface area contributed by atoms with Gasteiger partial charge >= 0.3 is 0 Å². The molecule has 0 saturated carbocycles. The minimum Gasteiger partial charge on any atom is -0.503 e. The number of aliphatic hydroxyl groups excluding tert-OH is 1. The first-order valence-corrected chi connectivity index (χ1v) is 9.19. The number of nitrogens with zero attached hydrogens (tertiary/aromatic N) is 3. The number of nitro benzene ring substituents is 1. The normalized spacial score (nSPS) is 20.7. The minimum absolute atomic E-state index is 0.0326. The quantitative estimate of drug-likeness (QED) is 0.557. The number of carbonyl (C=O) groups is 2. The Hall–Kier alpha value is -2.78. The average Bonchev–Trinajstić information content (AvgIpc) is 2.94. The standard InChI is InChI=1S/C19H23N3O6/c1-13(23)16-17(14-3-5-15(6-4-14)22(26)27)21(19(25)18(16)24)8-2-7-20-9-11-28-12-10-20/h3-6,17,24H,2,7-12H2,1H3/t17-/m0/s1. The van der Waals surface area contributed by atoms with E-state index in [0.29, 0.717) is 31.7 Å². The maximum atomic E-state index is 12.6. The predicted octanol–water partition coefficient (Wildman–Crippen LogP) is 1.60. The highest BCUT2D eigenvalue weighted by Gasteiger charge is 2.42. The number of hydrogen-bond donors (Lipinski definition) is 1. The molecule has 0 radical (unpaired) electrons. The molecule has 1 saturated heterocycles. The van der Waals surface area contributed by atoms with Crippen LogP contribution < -0.4 is 0 Å². The molecular formula is C19H23N3O6. The fraction of sp³-hybridized carbons (Fsp3) is 0.474. The molecule has 1 aromatic rings. The first kappa shape index (κ1) is 20.0. The molecule has 0 unspecified atom stereocenters. The van der Waals surface area contributed by atoms with Gasteiger partial charge in [-0.05, 0) is 31.0 Å². The van der Waals surface area contributed by atoms with Crippen LogP contribution in [0.5, 0.6) is 0 Å². The van der Waals surface area contributed by atoms with Crippen LogP contribution in [-0.2, 0) is 14.3 Å². The van der Waals surface area contributed by atoms with E-state index >= 15 is 0 Å². The molecule has 0 spiro atoms. The van der Waals surface area contributed by atoms with E-state index in [1.807, 2.05) is 0 Å². The van der Waals surface area contributed by atoms with Gasteiger partial charge in [-0.3, -0.25) is 24.6 Å². The van der Waals surface area contributed by atoms with Gasteiger partial charge in [-0.2, -0.15) is 0 Å². The number of ether oxygens (including phenoxy) is 1. The van der Waals surface area contributed by atoms with Crippen molar-refractivity contribution in [2.24, 2.45) is 0 Å². The van der Waals surface area contributed by atoms with Crippen LogP contribution in [0.15, 0.2) is 35.6 Å². The van der Waals surface area contributed by atoms with Crippen molar-refractivity contribution in [3.63, 3.8) is 0 Å². The van der Waals surface area contributed by atoms with E-state index in [4.69, 9.17) is 4.74 Å². The molecule has 150 valence electrons. The first-order valence-electron chi connectivity index (χ1n) is 9.19. The van der Waals surface area contributed by atoms with Crippen molar-refractivity contribution < 1.29 is 24.4 Å². The lowest BCUT2D eigenvalue weighted by Gasteiger charge is -2.29. The highest BCUT2D eigenvalue weighted by atomic mass is 16.6. The molecule has 9 nitrogen and oxygen atoms in total. The molecule has 0 aromatic heterocycles. The smallest absolute Gasteiger partial charge is 0.290 e. The van der Waals surface area contributed by atoms with E-state index in [2.05, 4.69) is 4.90 Å². The lowest BCUT2D eigenvalue weighted by atomic mass is 9.96. The van der Waals surface area contributed by atoms with Crippen molar-refractivity contribution in [1.82, 2.24) is 9.80 Å². The Morgan fingerprint density at radius 3 is 2.46 bits per heavy atom. The lowest BCUT2D eigenvalue weighted by molar-refractivity contribution is -0.384. The van der Waals surface area contributed by atoms with E-state index in [9.17, 15) is 24.8 Å². The number of Topliss-reactive ketones (excluding diaryl/α,β-unsaturated/α-hetero) is 1. The van der Waals surface area contributed by atoms with Crippen LogP contribution in [-0.4, -0.2) is 70.9 Å². The third-order valence-corrected chi connectivity index (χ3v) is 5.08. The Morgan fingerprint density at radius 1 is 1.25 bits per heavy atom. The van der Waals surface area contributed by atoms with Gasteiger partial charge in [0.2, 0.25) is 0 Å². The molecule has 1 atom stereocenters. The van der Waals surface area contributed by atoms with E-state index in [1.54, 1.807) is 0 Å². The molecule has 2 heterocycles. The summed E-state index contributed by atoms with van der Waals surface area (Å²) in [7, 11) is 0. The maximum Gasteiger partial charge on any atom is 0.290 e. The number of rotatable bonds is 7. The molecule has 3 rings (SSSR count). The summed E-state index contributed by atoms with van der Waals surface area (Å²) in [5.74, 6) is -1.53. The Kier molecular flexibility index (Phi) is 6.05. The number of morpholine rings is 1. The Labute approximate surface area is 162 Å². The van der Waals surface area contributed by atoms with Crippen LogP contribution in [0.3, 0.4) is 0 Å². The van der Waals surface area contributed by atoms with Crippen molar-refractivity contribution in [3.05, 3.63) is 51.3 Å². The van der Waals surface area contributed by atoms with E-state index < -0.39 is 28.4 Å². The number of benzene rings is 1. The number of non-ortho nitro benzene ring substituents is 1. The fourth-order valence-electron chi connectivity index (χ4n) is 3.66. The monoisotopic (exact) mass is 389 g/mol. The molecule has 1 fully saturated rings. The van der Waals surface area contributed by atoms with E-state index in [0.717, 1.165) is 19.6 Å². The van der Waals surface area contributed by atoms with Gasteiger partial charge in [0.05, 0.1) is 29.8 Å². The molecule has 9 heteroatoms. The fourth-order valence-corrected chi connectivity index (χ4v) is 3.66.